The first-order valence-corrected chi connectivity index (χ1v) is 6.73. The molecule has 2 heterocycles. The molecule has 2 rings (SSSR count). The first kappa shape index (κ1) is 14.1. The molecule has 2 atom stereocenters. The molecule has 5 nitrogen and oxygen atoms in total. The Hall–Kier alpha value is -1.33. The predicted molar refractivity (Wildman–Crippen MR) is 74.7 cm³/mol. The second-order valence-corrected chi connectivity index (χ2v) is 5.08. The van der Waals surface area contributed by atoms with E-state index in [4.69, 9.17) is 16.3 Å². The number of rotatable bonds is 3. The molecule has 1 aromatic rings. The van der Waals surface area contributed by atoms with Gasteiger partial charge in [0, 0.05) is 25.9 Å². The van der Waals surface area contributed by atoms with Gasteiger partial charge in [-0.05, 0) is 25.8 Å². The molecule has 0 spiro atoms. The van der Waals surface area contributed by atoms with E-state index in [1.54, 1.807) is 13.1 Å². The van der Waals surface area contributed by atoms with Crippen molar-refractivity contribution >= 4 is 23.3 Å². The zero-order valence-corrected chi connectivity index (χ0v) is 11.8. The van der Waals surface area contributed by atoms with Gasteiger partial charge in [0.05, 0.1) is 16.7 Å². The van der Waals surface area contributed by atoms with Crippen LogP contribution in [-0.4, -0.2) is 36.7 Å². The minimum Gasteiger partial charge on any atom is -0.378 e. The van der Waals surface area contributed by atoms with Crippen molar-refractivity contribution in [2.75, 3.05) is 19.0 Å². The van der Waals surface area contributed by atoms with E-state index in [0.29, 0.717) is 23.0 Å². The minimum atomic E-state index is -0.164. The van der Waals surface area contributed by atoms with Crippen molar-refractivity contribution in [3.63, 3.8) is 0 Å². The van der Waals surface area contributed by atoms with E-state index in [0.717, 1.165) is 12.8 Å². The van der Waals surface area contributed by atoms with Crippen molar-refractivity contribution in [1.29, 1.82) is 0 Å². The van der Waals surface area contributed by atoms with Crippen molar-refractivity contribution in [3.05, 3.63) is 22.8 Å². The molecular weight excluding hydrogens is 266 g/mol. The summed E-state index contributed by atoms with van der Waals surface area (Å²) in [5.41, 5.74) is 0.445. The molecule has 1 aromatic heterocycles. The summed E-state index contributed by atoms with van der Waals surface area (Å²) in [5, 5.41) is 6.25. The highest BCUT2D eigenvalue weighted by atomic mass is 35.5. The van der Waals surface area contributed by atoms with Crippen LogP contribution in [0.3, 0.4) is 0 Å². The monoisotopic (exact) mass is 283 g/mol. The third kappa shape index (κ3) is 3.58. The van der Waals surface area contributed by atoms with Crippen LogP contribution in [0, 0.1) is 0 Å². The van der Waals surface area contributed by atoms with E-state index in [1.165, 1.54) is 6.20 Å². The summed E-state index contributed by atoms with van der Waals surface area (Å²) in [5.74, 6) is 0.456. The topological polar surface area (TPSA) is 63.2 Å². The molecule has 2 N–H and O–H groups in total. The second kappa shape index (κ2) is 6.21. The number of nitrogens with zero attached hydrogens (tertiary/aromatic N) is 1. The van der Waals surface area contributed by atoms with Crippen molar-refractivity contribution in [3.8, 4) is 0 Å². The Kier molecular flexibility index (Phi) is 4.61. The molecule has 0 bridgehead atoms. The minimum absolute atomic E-state index is 0.138. The Morgan fingerprint density at radius 3 is 3.05 bits per heavy atom. The van der Waals surface area contributed by atoms with Gasteiger partial charge in [0.1, 0.15) is 5.82 Å². The molecule has 0 aliphatic carbocycles. The fourth-order valence-corrected chi connectivity index (χ4v) is 2.33. The average Bonchev–Trinajstić information content (AvgIpc) is 2.39. The molecule has 19 heavy (non-hydrogen) atoms. The van der Waals surface area contributed by atoms with Gasteiger partial charge in [-0.15, -0.1) is 0 Å². The van der Waals surface area contributed by atoms with Gasteiger partial charge in [-0.1, -0.05) is 11.6 Å². The third-order valence-corrected chi connectivity index (χ3v) is 3.48. The molecule has 0 aromatic carbocycles. The van der Waals surface area contributed by atoms with Crippen LogP contribution in [0.4, 0.5) is 5.82 Å². The second-order valence-electron chi connectivity index (χ2n) is 4.68. The summed E-state index contributed by atoms with van der Waals surface area (Å²) in [4.78, 5) is 16.3. The number of ether oxygens (including phenoxy) is 1. The Morgan fingerprint density at radius 2 is 2.37 bits per heavy atom. The Labute approximate surface area is 117 Å². The molecule has 1 fully saturated rings. The maximum absolute atomic E-state index is 12.2. The van der Waals surface area contributed by atoms with Gasteiger partial charge in [0.25, 0.3) is 5.91 Å². The summed E-state index contributed by atoms with van der Waals surface area (Å²) in [7, 11) is 1.75. The normalized spacial score (nSPS) is 22.9. The molecule has 0 saturated carbocycles. The molecule has 6 heteroatoms. The van der Waals surface area contributed by atoms with E-state index in [9.17, 15) is 4.79 Å². The number of anilines is 1. The van der Waals surface area contributed by atoms with Gasteiger partial charge in [-0.25, -0.2) is 4.98 Å². The van der Waals surface area contributed by atoms with Gasteiger partial charge in [-0.3, -0.25) is 4.79 Å². The number of carbonyl (C=O) groups is 1. The number of amides is 1. The van der Waals surface area contributed by atoms with Crippen LogP contribution in [0.2, 0.25) is 5.02 Å². The van der Waals surface area contributed by atoms with Gasteiger partial charge in [0.2, 0.25) is 0 Å². The van der Waals surface area contributed by atoms with Crippen LogP contribution >= 0.6 is 11.6 Å². The number of halogens is 1. The van der Waals surface area contributed by atoms with Crippen LogP contribution < -0.4 is 10.6 Å². The standard InChI is InChI=1S/C13H18ClN3O2/c1-8-5-9(3-4-19-8)17-13(18)10-6-12(15-2)16-7-11(10)14/h6-9H,3-5H2,1-2H3,(H,15,16)(H,17,18). The number of hydrogen-bond donors (Lipinski definition) is 2. The SMILES string of the molecule is CNc1cc(C(=O)NC2CCOC(C)C2)c(Cl)cn1. The molecule has 0 radical (unpaired) electrons. The summed E-state index contributed by atoms with van der Waals surface area (Å²) < 4.78 is 5.46. The first-order valence-electron chi connectivity index (χ1n) is 6.36. The van der Waals surface area contributed by atoms with E-state index >= 15 is 0 Å². The fourth-order valence-electron chi connectivity index (χ4n) is 2.14. The maximum Gasteiger partial charge on any atom is 0.253 e. The Morgan fingerprint density at radius 1 is 1.58 bits per heavy atom. The van der Waals surface area contributed by atoms with Gasteiger partial charge < -0.3 is 15.4 Å². The quantitative estimate of drug-likeness (QED) is 0.891. The lowest BCUT2D eigenvalue weighted by Crippen LogP contribution is -2.41. The van der Waals surface area contributed by atoms with Gasteiger partial charge in [0.15, 0.2) is 0 Å². The molecule has 1 aliphatic rings. The lowest BCUT2D eigenvalue weighted by atomic mass is 10.0. The largest absolute Gasteiger partial charge is 0.378 e. The summed E-state index contributed by atoms with van der Waals surface area (Å²) in [6.45, 7) is 2.69. The molecule has 104 valence electrons. The van der Waals surface area contributed by atoms with Crippen LogP contribution in [0.25, 0.3) is 0 Å². The van der Waals surface area contributed by atoms with E-state index in [2.05, 4.69) is 15.6 Å². The average molecular weight is 284 g/mol. The number of pyridine rings is 1. The van der Waals surface area contributed by atoms with Gasteiger partial charge in [-0.2, -0.15) is 0 Å². The van der Waals surface area contributed by atoms with Crippen LogP contribution in [0.15, 0.2) is 12.3 Å². The zero-order valence-electron chi connectivity index (χ0n) is 11.1. The molecular formula is C13H18ClN3O2. The molecule has 1 amide bonds. The zero-order chi connectivity index (χ0) is 13.8. The van der Waals surface area contributed by atoms with Crippen molar-refractivity contribution in [2.45, 2.75) is 31.9 Å². The number of carbonyl (C=O) groups excluding carboxylic acids is 1. The molecule has 1 aliphatic heterocycles. The molecule has 2 unspecified atom stereocenters. The lowest BCUT2D eigenvalue weighted by Gasteiger charge is -2.28. The predicted octanol–water partition coefficient (Wildman–Crippen LogP) is 2.07. The van der Waals surface area contributed by atoms with E-state index in [-0.39, 0.29) is 18.1 Å². The summed E-state index contributed by atoms with van der Waals surface area (Å²) >= 11 is 6.02. The fraction of sp³-hybridized carbons (Fsp3) is 0.538. The summed E-state index contributed by atoms with van der Waals surface area (Å²) in [6, 6.07) is 1.79. The van der Waals surface area contributed by atoms with Crippen LogP contribution in [0.1, 0.15) is 30.1 Å². The van der Waals surface area contributed by atoms with E-state index < -0.39 is 0 Å². The first-order chi connectivity index (χ1) is 9.10. The van der Waals surface area contributed by atoms with Gasteiger partial charge >= 0.3 is 0 Å². The Balaban J connectivity index is 2.06. The van der Waals surface area contributed by atoms with Crippen LogP contribution in [0.5, 0.6) is 0 Å². The van der Waals surface area contributed by atoms with Crippen molar-refractivity contribution in [1.82, 2.24) is 10.3 Å². The van der Waals surface area contributed by atoms with Crippen molar-refractivity contribution < 1.29 is 9.53 Å². The maximum atomic E-state index is 12.2. The third-order valence-electron chi connectivity index (χ3n) is 3.18. The van der Waals surface area contributed by atoms with Crippen LogP contribution in [-0.2, 0) is 4.74 Å². The smallest absolute Gasteiger partial charge is 0.253 e. The lowest BCUT2D eigenvalue weighted by molar-refractivity contribution is 0.0136. The number of hydrogen-bond acceptors (Lipinski definition) is 4. The summed E-state index contributed by atoms with van der Waals surface area (Å²) in [6.07, 6.45) is 3.32. The Bertz CT molecular complexity index is 467. The van der Waals surface area contributed by atoms with E-state index in [1.807, 2.05) is 6.92 Å². The number of aromatic nitrogens is 1. The highest BCUT2D eigenvalue weighted by Crippen LogP contribution is 2.19. The number of nitrogens with one attached hydrogen (secondary N) is 2. The van der Waals surface area contributed by atoms with Crippen molar-refractivity contribution in [2.24, 2.45) is 0 Å². The highest BCUT2D eigenvalue weighted by molar-refractivity contribution is 6.33. The molecule has 1 saturated heterocycles. The highest BCUT2D eigenvalue weighted by Gasteiger charge is 2.22.